The summed E-state index contributed by atoms with van der Waals surface area (Å²) < 4.78 is 73.6. The van der Waals surface area contributed by atoms with E-state index in [4.69, 9.17) is 17.5 Å². The normalized spacial score (nSPS) is 24.0. The molecule has 1 aliphatic heterocycles. The zero-order chi connectivity index (χ0) is 20.5. The van der Waals surface area contributed by atoms with E-state index < -0.39 is 60.2 Å². The van der Waals surface area contributed by atoms with Crippen LogP contribution in [-0.4, -0.2) is 28.1 Å². The monoisotopic (exact) mass is 294 g/mol. The molecule has 0 unspecified atom stereocenters. The van der Waals surface area contributed by atoms with Crippen molar-refractivity contribution in [3.05, 3.63) is 42.2 Å². The highest BCUT2D eigenvalue weighted by Gasteiger charge is 2.52. The number of rotatable bonds is 2. The Morgan fingerprint density at radius 2 is 1.67 bits per heavy atom. The van der Waals surface area contributed by atoms with E-state index in [0.29, 0.717) is 0 Å². The van der Waals surface area contributed by atoms with E-state index in [-0.39, 0.29) is 11.6 Å². The molecule has 0 N–H and O–H groups in total. The van der Waals surface area contributed by atoms with Crippen LogP contribution in [0.25, 0.3) is 5.69 Å². The topological polar surface area (TPSA) is 36.3 Å². The molecule has 21 heavy (non-hydrogen) atoms. The maximum absolute atomic E-state index is 13.8. The highest BCUT2D eigenvalue weighted by molar-refractivity contribution is 6.61. The van der Waals surface area contributed by atoms with Gasteiger partial charge in [0.05, 0.1) is 30.7 Å². The zero-order valence-electron chi connectivity index (χ0n) is 18.2. The van der Waals surface area contributed by atoms with Gasteiger partial charge in [-0.3, -0.25) is 0 Å². The van der Waals surface area contributed by atoms with Gasteiger partial charge in [0.25, 0.3) is 0 Å². The smallest absolute Gasteiger partial charge is 0.398 e. The number of hydrogen-bond donors (Lipinski definition) is 0. The quantitative estimate of drug-likeness (QED) is 0.798. The lowest BCUT2D eigenvalue weighted by molar-refractivity contribution is 0.00578. The summed E-state index contributed by atoms with van der Waals surface area (Å²) in [6, 6.07) is -3.46. The minimum Gasteiger partial charge on any atom is -0.398 e. The first-order chi connectivity index (χ1) is 12.3. The van der Waals surface area contributed by atoms with Crippen molar-refractivity contribution in [1.29, 1.82) is 0 Å². The van der Waals surface area contributed by atoms with Gasteiger partial charge in [0.15, 0.2) is 0 Å². The number of aromatic nitrogens is 2. The summed E-state index contributed by atoms with van der Waals surface area (Å²) in [5.74, 6) is -1.29. The molecule has 110 valence electrons. The van der Waals surface area contributed by atoms with E-state index in [1.165, 1.54) is 0 Å². The fourth-order valence-electron chi connectivity index (χ4n) is 1.83. The number of hydrogen-bond acceptors (Lipinski definition) is 3. The van der Waals surface area contributed by atoms with Crippen LogP contribution < -0.4 is 5.59 Å². The summed E-state index contributed by atoms with van der Waals surface area (Å²) in [5, 5.41) is 4.09. The van der Waals surface area contributed by atoms with E-state index in [1.54, 1.807) is 0 Å². The second-order valence-electron chi connectivity index (χ2n) is 5.78. The fourth-order valence-corrected chi connectivity index (χ4v) is 1.83. The Hall–Kier alpha value is -1.66. The molecule has 1 aliphatic rings. The lowest BCUT2D eigenvalue weighted by Gasteiger charge is -2.32. The molecular formula is C15H18BFN2O2. The average Bonchev–Trinajstić information content (AvgIpc) is 2.97. The first-order valence-corrected chi connectivity index (χ1v) is 6.48. The Morgan fingerprint density at radius 3 is 2.24 bits per heavy atom. The first kappa shape index (κ1) is 8.71. The molecule has 0 atom stereocenters. The van der Waals surface area contributed by atoms with Crippen LogP contribution in [0.2, 0.25) is 0 Å². The van der Waals surface area contributed by atoms with Crippen LogP contribution in [0.3, 0.4) is 0 Å². The molecule has 0 bridgehead atoms. The molecule has 1 saturated heterocycles. The molecule has 0 saturated carbocycles. The van der Waals surface area contributed by atoms with Crippen molar-refractivity contribution in [2.45, 2.75) is 38.9 Å². The molecule has 0 radical (unpaired) electrons. The minimum atomic E-state index is -1.29. The van der Waals surface area contributed by atoms with Gasteiger partial charge in [-0.05, 0) is 57.9 Å². The van der Waals surface area contributed by atoms with Gasteiger partial charge >= 0.3 is 7.12 Å². The summed E-state index contributed by atoms with van der Waals surface area (Å²) in [6.07, 6.45) is -0.480. The van der Waals surface area contributed by atoms with Crippen LogP contribution >= 0.6 is 0 Å². The van der Waals surface area contributed by atoms with Crippen molar-refractivity contribution < 1.29 is 21.9 Å². The second kappa shape index (κ2) is 4.68. The third kappa shape index (κ3) is 2.49. The molecule has 2 aromatic rings. The van der Waals surface area contributed by atoms with Gasteiger partial charge in [-0.25, -0.2) is 9.07 Å². The lowest BCUT2D eigenvalue weighted by Crippen LogP contribution is -2.41. The Kier molecular flexibility index (Phi) is 1.94. The molecule has 2 heterocycles. The van der Waals surface area contributed by atoms with E-state index in [0.717, 1.165) is 4.68 Å². The largest absolute Gasteiger partial charge is 0.516 e. The highest BCUT2D eigenvalue weighted by atomic mass is 19.1. The van der Waals surface area contributed by atoms with Crippen molar-refractivity contribution >= 4 is 12.7 Å². The van der Waals surface area contributed by atoms with Crippen LogP contribution in [0, 0.1) is 5.82 Å². The van der Waals surface area contributed by atoms with Gasteiger partial charge < -0.3 is 9.31 Å². The molecule has 1 aromatic carbocycles. The van der Waals surface area contributed by atoms with Gasteiger partial charge in [-0.15, -0.1) is 0 Å². The Labute approximate surface area is 132 Å². The van der Waals surface area contributed by atoms with E-state index in [2.05, 4.69) is 5.10 Å². The SMILES string of the molecule is [2H]c1c([2H])c(-n2nc(B3OC(C)(C)C(C)(C)O3)c([2H])c2[2H])c([2H])c([2H])c1F. The molecule has 1 fully saturated rings. The van der Waals surface area contributed by atoms with Crippen molar-refractivity contribution in [2.75, 3.05) is 0 Å². The van der Waals surface area contributed by atoms with Crippen molar-refractivity contribution in [1.82, 2.24) is 9.78 Å². The summed E-state index contributed by atoms with van der Waals surface area (Å²) in [4.78, 5) is 0. The number of nitrogens with zero attached hydrogens (tertiary/aromatic N) is 2. The first-order valence-electron chi connectivity index (χ1n) is 9.48. The van der Waals surface area contributed by atoms with E-state index >= 15 is 0 Å². The number of halogens is 1. The van der Waals surface area contributed by atoms with E-state index in [1.807, 2.05) is 27.7 Å². The summed E-state index contributed by atoms with van der Waals surface area (Å²) >= 11 is 0. The molecule has 0 amide bonds. The van der Waals surface area contributed by atoms with Crippen LogP contribution in [0.15, 0.2) is 36.4 Å². The van der Waals surface area contributed by atoms with Gasteiger partial charge in [-0.1, -0.05) is 0 Å². The average molecular weight is 294 g/mol. The molecule has 4 nitrogen and oxygen atoms in total. The Morgan fingerprint density at radius 1 is 1.10 bits per heavy atom. The van der Waals surface area contributed by atoms with Crippen LogP contribution in [0.4, 0.5) is 4.39 Å². The van der Waals surface area contributed by atoms with Gasteiger partial charge in [0, 0.05) is 6.17 Å². The predicted octanol–water partition coefficient (Wildman–Crippen LogP) is 2.31. The van der Waals surface area contributed by atoms with Crippen molar-refractivity contribution in [2.24, 2.45) is 0 Å². The van der Waals surface area contributed by atoms with Gasteiger partial charge in [0.2, 0.25) is 0 Å². The fraction of sp³-hybridized carbons (Fsp3) is 0.400. The maximum Gasteiger partial charge on any atom is 0.516 e. The van der Waals surface area contributed by atoms with E-state index in [9.17, 15) is 4.39 Å². The lowest BCUT2D eigenvalue weighted by atomic mass is 9.85. The highest BCUT2D eigenvalue weighted by Crippen LogP contribution is 2.36. The number of benzene rings is 1. The van der Waals surface area contributed by atoms with Crippen LogP contribution in [-0.2, 0) is 9.31 Å². The molecule has 1 aromatic heterocycles. The third-order valence-electron chi connectivity index (χ3n) is 3.77. The second-order valence-corrected chi connectivity index (χ2v) is 5.78. The third-order valence-corrected chi connectivity index (χ3v) is 3.77. The standard InChI is InChI=1S/C15H18BFN2O2/c1-14(2)15(3,4)21-16(20-14)13-9-10-19(18-13)12-7-5-11(17)6-8-12/h5-10H,1-4H3/i5D,6D,7D,8D,9D,10D. The Balaban J connectivity index is 2.17. The van der Waals surface area contributed by atoms with Crippen molar-refractivity contribution in [3.63, 3.8) is 0 Å². The molecule has 3 rings (SSSR count). The molecular weight excluding hydrogens is 270 g/mol. The predicted molar refractivity (Wildman–Crippen MR) is 79.2 cm³/mol. The van der Waals surface area contributed by atoms with Gasteiger partial charge in [-0.2, -0.15) is 5.10 Å². The molecule has 0 spiro atoms. The van der Waals surface area contributed by atoms with Gasteiger partial charge in [0.1, 0.15) is 5.82 Å². The Bertz CT molecular complexity index is 904. The summed E-state index contributed by atoms with van der Waals surface area (Å²) in [7, 11) is -1.04. The molecule has 6 heteroatoms. The summed E-state index contributed by atoms with van der Waals surface area (Å²) in [5.41, 5.74) is -1.83. The van der Waals surface area contributed by atoms with Crippen LogP contribution in [0.5, 0.6) is 0 Å². The zero-order valence-corrected chi connectivity index (χ0v) is 12.2. The van der Waals surface area contributed by atoms with Crippen molar-refractivity contribution in [3.8, 4) is 5.69 Å². The van der Waals surface area contributed by atoms with Crippen LogP contribution in [0.1, 0.15) is 35.9 Å². The minimum absolute atomic E-state index is 0.0279. The summed E-state index contributed by atoms with van der Waals surface area (Å²) in [6.45, 7) is 7.27. The maximum atomic E-state index is 13.8. The molecule has 0 aliphatic carbocycles.